The van der Waals surface area contributed by atoms with E-state index in [1.54, 1.807) is 7.11 Å². The van der Waals surface area contributed by atoms with Crippen molar-refractivity contribution in [3.8, 4) is 5.75 Å². The molecule has 0 unspecified atom stereocenters. The molecule has 0 aromatic heterocycles. The molecule has 2 aromatic rings. The zero-order chi connectivity index (χ0) is 17.5. The van der Waals surface area contributed by atoms with E-state index in [1.807, 2.05) is 42.5 Å². The molecule has 0 radical (unpaired) electrons. The first kappa shape index (κ1) is 18.5. The number of hydrogen-bond acceptors (Lipinski definition) is 2. The first-order valence-electron chi connectivity index (χ1n) is 7.74. The van der Waals surface area contributed by atoms with Gasteiger partial charge in [-0.15, -0.1) is 0 Å². The van der Waals surface area contributed by atoms with E-state index in [2.05, 4.69) is 30.8 Å². The van der Waals surface area contributed by atoms with E-state index in [-0.39, 0.29) is 6.04 Å². The molecule has 2 aromatic carbocycles. The zero-order valence-corrected chi connectivity index (χ0v) is 15.7. The van der Waals surface area contributed by atoms with Gasteiger partial charge >= 0.3 is 0 Å². The summed E-state index contributed by atoms with van der Waals surface area (Å²) in [6.07, 6.45) is 0. The minimum atomic E-state index is 0.198. The van der Waals surface area contributed by atoms with E-state index in [9.17, 15) is 0 Å². The van der Waals surface area contributed by atoms with Gasteiger partial charge in [-0.2, -0.15) is 0 Å². The van der Waals surface area contributed by atoms with Gasteiger partial charge < -0.3 is 20.3 Å². The number of anilines is 1. The van der Waals surface area contributed by atoms with E-state index in [1.165, 1.54) is 4.90 Å². The quantitative estimate of drug-likeness (QED) is 0.689. The maximum Gasteiger partial charge on any atom is 0.171 e. The first-order chi connectivity index (χ1) is 11.5. The number of hydrogen-bond donors (Lipinski definition) is 3. The molecule has 24 heavy (non-hydrogen) atoms. The highest BCUT2D eigenvalue weighted by Gasteiger charge is 2.20. The maximum atomic E-state index is 6.34. The maximum absolute atomic E-state index is 6.34. The van der Waals surface area contributed by atoms with Crippen LogP contribution in [0.2, 0.25) is 5.02 Å². The smallest absolute Gasteiger partial charge is 0.171 e. The topological polar surface area (TPSA) is 37.7 Å². The lowest BCUT2D eigenvalue weighted by molar-refractivity contribution is -0.890. The second-order valence-corrected chi connectivity index (χ2v) is 6.53. The fraction of sp³-hybridized carbons (Fsp3) is 0.278. The highest BCUT2D eigenvalue weighted by Crippen LogP contribution is 2.20. The monoisotopic (exact) mass is 364 g/mol. The van der Waals surface area contributed by atoms with Gasteiger partial charge in [-0.25, -0.2) is 0 Å². The third-order valence-corrected chi connectivity index (χ3v) is 4.36. The normalized spacial score (nSPS) is 11.9. The molecule has 0 aliphatic rings. The summed E-state index contributed by atoms with van der Waals surface area (Å²) in [5.41, 5.74) is 1.99. The van der Waals surface area contributed by atoms with Crippen LogP contribution in [-0.2, 0) is 0 Å². The summed E-state index contributed by atoms with van der Waals surface area (Å²) < 4.78 is 5.22. The van der Waals surface area contributed by atoms with Gasteiger partial charge in [0, 0.05) is 22.3 Å². The second-order valence-electron chi connectivity index (χ2n) is 5.72. The number of methoxy groups -OCH3 is 1. The molecule has 0 aliphatic carbocycles. The van der Waals surface area contributed by atoms with Crippen LogP contribution in [0, 0.1) is 0 Å². The number of quaternary nitrogens is 1. The summed E-state index contributed by atoms with van der Waals surface area (Å²) in [6.45, 7) is 0.682. The van der Waals surface area contributed by atoms with Crippen molar-refractivity contribution in [2.24, 2.45) is 0 Å². The van der Waals surface area contributed by atoms with Crippen LogP contribution in [0.5, 0.6) is 5.75 Å². The highest BCUT2D eigenvalue weighted by molar-refractivity contribution is 7.80. The number of benzene rings is 2. The first-order valence-corrected chi connectivity index (χ1v) is 8.53. The third kappa shape index (κ3) is 5.09. The molecule has 4 nitrogen and oxygen atoms in total. The van der Waals surface area contributed by atoms with Crippen LogP contribution >= 0.6 is 23.8 Å². The van der Waals surface area contributed by atoms with Gasteiger partial charge in [0.05, 0.1) is 27.7 Å². The summed E-state index contributed by atoms with van der Waals surface area (Å²) in [4.78, 5) is 1.28. The minimum absolute atomic E-state index is 0.198. The zero-order valence-electron chi connectivity index (χ0n) is 14.1. The number of likely N-dealkylation sites (N-methyl/N-ethyl adjacent to an activating group) is 1. The molecule has 6 heteroatoms. The number of thiocarbonyl (C=S) groups is 1. The largest absolute Gasteiger partial charge is 0.497 e. The molecule has 0 spiro atoms. The van der Waals surface area contributed by atoms with Gasteiger partial charge in [-0.1, -0.05) is 35.9 Å². The molecule has 1 atom stereocenters. The molecule has 128 valence electrons. The molecule has 0 saturated heterocycles. The van der Waals surface area contributed by atoms with Crippen molar-refractivity contribution in [1.29, 1.82) is 0 Å². The van der Waals surface area contributed by atoms with E-state index < -0.39 is 0 Å². The summed E-state index contributed by atoms with van der Waals surface area (Å²) >= 11 is 11.7. The van der Waals surface area contributed by atoms with Crippen molar-refractivity contribution in [1.82, 2.24) is 5.32 Å². The Morgan fingerprint density at radius 3 is 2.62 bits per heavy atom. The summed E-state index contributed by atoms with van der Waals surface area (Å²) in [6, 6.07) is 15.8. The van der Waals surface area contributed by atoms with Crippen LogP contribution in [0.3, 0.4) is 0 Å². The van der Waals surface area contributed by atoms with Crippen LogP contribution in [0.25, 0.3) is 0 Å². The van der Waals surface area contributed by atoms with E-state index in [0.717, 1.165) is 22.0 Å². The van der Waals surface area contributed by atoms with Crippen molar-refractivity contribution in [2.75, 3.05) is 33.1 Å². The number of rotatable bonds is 6. The molecule has 3 N–H and O–H groups in total. The molecule has 0 bridgehead atoms. The average Bonchev–Trinajstić information content (AvgIpc) is 2.56. The van der Waals surface area contributed by atoms with E-state index >= 15 is 0 Å². The molecule has 0 heterocycles. The molecular weight excluding hydrogens is 342 g/mol. The lowest BCUT2D eigenvalue weighted by atomic mass is 10.1. The average molecular weight is 365 g/mol. The Bertz CT molecular complexity index is 693. The van der Waals surface area contributed by atoms with Gasteiger partial charge in [-0.3, -0.25) is 0 Å². The number of nitrogens with one attached hydrogen (secondary N) is 3. The Kier molecular flexibility index (Phi) is 6.85. The Morgan fingerprint density at radius 2 is 1.96 bits per heavy atom. The van der Waals surface area contributed by atoms with Crippen LogP contribution in [0.1, 0.15) is 11.6 Å². The Morgan fingerprint density at radius 1 is 1.21 bits per heavy atom. The van der Waals surface area contributed by atoms with Crippen LogP contribution in [0.4, 0.5) is 5.69 Å². The van der Waals surface area contributed by atoms with Crippen molar-refractivity contribution in [3.63, 3.8) is 0 Å². The summed E-state index contributed by atoms with van der Waals surface area (Å²) in [7, 11) is 5.85. The van der Waals surface area contributed by atoms with Crippen LogP contribution in [0.15, 0.2) is 48.5 Å². The van der Waals surface area contributed by atoms with Gasteiger partial charge in [-0.05, 0) is 30.4 Å². The SMILES string of the molecule is COc1cccc(NC(=S)NC[C@@H](c2ccccc2Cl)[NH+](C)C)c1. The lowest BCUT2D eigenvalue weighted by Gasteiger charge is -2.24. The summed E-state index contributed by atoms with van der Waals surface area (Å²) in [5.74, 6) is 0.787. The molecule has 0 fully saturated rings. The standard InChI is InChI=1S/C18H22ClN3OS/c1-22(2)17(15-9-4-5-10-16(15)19)12-20-18(24)21-13-7-6-8-14(11-13)23-3/h4-11,17H,12H2,1-3H3,(H2,20,21,24)/p+1/t17-/m0/s1. The van der Waals surface area contributed by atoms with Crippen molar-refractivity contribution in [3.05, 3.63) is 59.1 Å². The van der Waals surface area contributed by atoms with Crippen molar-refractivity contribution in [2.45, 2.75) is 6.04 Å². The predicted octanol–water partition coefficient (Wildman–Crippen LogP) is 2.52. The van der Waals surface area contributed by atoms with E-state index in [0.29, 0.717) is 11.7 Å². The van der Waals surface area contributed by atoms with Gasteiger partial charge in [0.2, 0.25) is 0 Å². The Labute approximate surface area is 153 Å². The van der Waals surface area contributed by atoms with Gasteiger partial charge in [0.15, 0.2) is 5.11 Å². The van der Waals surface area contributed by atoms with E-state index in [4.69, 9.17) is 28.6 Å². The van der Waals surface area contributed by atoms with Crippen LogP contribution in [-0.4, -0.2) is 32.9 Å². The second kappa shape index (κ2) is 8.87. The predicted molar refractivity (Wildman–Crippen MR) is 104 cm³/mol. The fourth-order valence-corrected chi connectivity index (χ4v) is 2.92. The number of ether oxygens (including phenoxy) is 1. The Balaban J connectivity index is 1.99. The molecule has 0 amide bonds. The van der Waals surface area contributed by atoms with Crippen LogP contribution < -0.4 is 20.3 Å². The van der Waals surface area contributed by atoms with Gasteiger partial charge in [0.1, 0.15) is 11.8 Å². The number of halogens is 1. The fourth-order valence-electron chi connectivity index (χ4n) is 2.45. The molecule has 0 aliphatic heterocycles. The minimum Gasteiger partial charge on any atom is -0.497 e. The highest BCUT2D eigenvalue weighted by atomic mass is 35.5. The lowest BCUT2D eigenvalue weighted by Crippen LogP contribution is -3.07. The van der Waals surface area contributed by atoms with Gasteiger partial charge in [0.25, 0.3) is 0 Å². The molecule has 2 rings (SSSR count). The summed E-state index contributed by atoms with van der Waals surface area (Å²) in [5, 5.41) is 7.80. The Hall–Kier alpha value is -1.82. The van der Waals surface area contributed by atoms with Crippen molar-refractivity contribution < 1.29 is 9.64 Å². The van der Waals surface area contributed by atoms with Crippen molar-refractivity contribution >= 4 is 34.6 Å². The molecular formula is C18H23ClN3OS+. The third-order valence-electron chi connectivity index (χ3n) is 3.77. The molecule has 0 saturated carbocycles.